The predicted octanol–water partition coefficient (Wildman–Crippen LogP) is 0.546. The van der Waals surface area contributed by atoms with E-state index in [0.717, 1.165) is 12.8 Å². The van der Waals surface area contributed by atoms with Gasteiger partial charge in [0, 0.05) is 6.54 Å². The smallest absolute Gasteiger partial charge is 0.312 e. The van der Waals surface area contributed by atoms with Crippen molar-refractivity contribution >= 4 is 12.0 Å². The number of hydrogen-bond donors (Lipinski definition) is 3. The highest BCUT2D eigenvalue weighted by Crippen LogP contribution is 2.28. The van der Waals surface area contributed by atoms with Crippen molar-refractivity contribution in [2.24, 2.45) is 17.6 Å². The summed E-state index contributed by atoms with van der Waals surface area (Å²) in [5.41, 5.74) is 4.94. The SMILES string of the molecule is NC(=O)NCC1CCC(C(=O)O)CC1. The molecule has 1 aliphatic carbocycles. The summed E-state index contributed by atoms with van der Waals surface area (Å²) in [7, 11) is 0. The van der Waals surface area contributed by atoms with Crippen molar-refractivity contribution < 1.29 is 14.7 Å². The molecule has 0 aromatic carbocycles. The third-order valence-electron chi connectivity index (χ3n) is 2.76. The predicted molar refractivity (Wildman–Crippen MR) is 50.7 cm³/mol. The zero-order valence-corrected chi connectivity index (χ0v) is 8.03. The first-order valence-corrected chi connectivity index (χ1v) is 4.85. The summed E-state index contributed by atoms with van der Waals surface area (Å²) < 4.78 is 0. The molecule has 0 aromatic heterocycles. The van der Waals surface area contributed by atoms with Gasteiger partial charge in [-0.25, -0.2) is 4.79 Å². The first-order chi connectivity index (χ1) is 6.59. The summed E-state index contributed by atoms with van der Waals surface area (Å²) in [6, 6.07) is -0.509. The molecule has 5 nitrogen and oxygen atoms in total. The fourth-order valence-corrected chi connectivity index (χ4v) is 1.86. The molecule has 0 aliphatic heterocycles. The number of carbonyl (C=O) groups excluding carboxylic acids is 1. The van der Waals surface area contributed by atoms with Crippen LogP contribution in [-0.4, -0.2) is 23.7 Å². The molecule has 4 N–H and O–H groups in total. The molecule has 80 valence electrons. The topological polar surface area (TPSA) is 92.4 Å². The van der Waals surface area contributed by atoms with Crippen LogP contribution in [0.5, 0.6) is 0 Å². The lowest BCUT2D eigenvalue weighted by Gasteiger charge is -2.25. The van der Waals surface area contributed by atoms with Gasteiger partial charge >= 0.3 is 12.0 Å². The van der Waals surface area contributed by atoms with Crippen LogP contribution in [0.15, 0.2) is 0 Å². The third-order valence-corrected chi connectivity index (χ3v) is 2.76. The first-order valence-electron chi connectivity index (χ1n) is 4.85. The Labute approximate surface area is 82.7 Å². The molecule has 1 fully saturated rings. The van der Waals surface area contributed by atoms with Crippen molar-refractivity contribution in [1.29, 1.82) is 0 Å². The number of nitrogens with one attached hydrogen (secondary N) is 1. The third kappa shape index (κ3) is 3.24. The molecule has 2 amide bonds. The highest BCUT2D eigenvalue weighted by atomic mass is 16.4. The quantitative estimate of drug-likeness (QED) is 0.621. The molecule has 0 bridgehead atoms. The highest BCUT2D eigenvalue weighted by Gasteiger charge is 2.25. The first kappa shape index (κ1) is 10.8. The van der Waals surface area contributed by atoms with Crippen molar-refractivity contribution in [3.05, 3.63) is 0 Å². The number of amides is 2. The lowest BCUT2D eigenvalue weighted by Crippen LogP contribution is -2.35. The van der Waals surface area contributed by atoms with E-state index in [1.54, 1.807) is 0 Å². The maximum absolute atomic E-state index is 10.6. The molecule has 0 saturated heterocycles. The summed E-state index contributed by atoms with van der Waals surface area (Å²) in [6.45, 7) is 0.571. The summed E-state index contributed by atoms with van der Waals surface area (Å²) in [5.74, 6) is -0.510. The van der Waals surface area contributed by atoms with E-state index >= 15 is 0 Å². The summed E-state index contributed by atoms with van der Waals surface area (Å²) >= 11 is 0. The van der Waals surface area contributed by atoms with Crippen molar-refractivity contribution in [3.63, 3.8) is 0 Å². The maximum atomic E-state index is 10.6. The van der Waals surface area contributed by atoms with Gasteiger partial charge < -0.3 is 16.2 Å². The van der Waals surface area contributed by atoms with Gasteiger partial charge in [-0.15, -0.1) is 0 Å². The Bertz CT molecular complexity index is 222. The van der Waals surface area contributed by atoms with Gasteiger partial charge in [0.05, 0.1) is 5.92 Å². The number of nitrogens with two attached hydrogens (primary N) is 1. The van der Waals surface area contributed by atoms with Crippen LogP contribution in [0.3, 0.4) is 0 Å². The Hall–Kier alpha value is -1.26. The van der Waals surface area contributed by atoms with Gasteiger partial charge in [-0.2, -0.15) is 0 Å². The number of hydrogen-bond acceptors (Lipinski definition) is 2. The summed E-state index contributed by atoms with van der Waals surface area (Å²) in [6.07, 6.45) is 3.13. The van der Waals surface area contributed by atoms with E-state index in [2.05, 4.69) is 5.32 Å². The van der Waals surface area contributed by atoms with Crippen LogP contribution in [0.25, 0.3) is 0 Å². The molecule has 14 heavy (non-hydrogen) atoms. The van der Waals surface area contributed by atoms with Crippen LogP contribution >= 0.6 is 0 Å². The molecule has 1 saturated carbocycles. The Balaban J connectivity index is 2.22. The molecule has 1 aliphatic rings. The van der Waals surface area contributed by atoms with E-state index in [1.807, 2.05) is 0 Å². The molecule has 0 spiro atoms. The van der Waals surface area contributed by atoms with Crippen LogP contribution in [0.2, 0.25) is 0 Å². The molecule has 0 unspecified atom stereocenters. The maximum Gasteiger partial charge on any atom is 0.312 e. The number of urea groups is 1. The standard InChI is InChI=1S/C9H16N2O3/c10-9(14)11-5-6-1-3-7(4-2-6)8(12)13/h6-7H,1-5H2,(H,12,13)(H3,10,11,14). The lowest BCUT2D eigenvalue weighted by molar-refractivity contribution is -0.143. The Morgan fingerprint density at radius 1 is 1.29 bits per heavy atom. The van der Waals surface area contributed by atoms with Crippen molar-refractivity contribution in [3.8, 4) is 0 Å². The second-order valence-corrected chi connectivity index (χ2v) is 3.80. The van der Waals surface area contributed by atoms with Crippen molar-refractivity contribution in [2.45, 2.75) is 25.7 Å². The average molecular weight is 200 g/mol. The number of carboxylic acids is 1. The van der Waals surface area contributed by atoms with E-state index in [1.165, 1.54) is 0 Å². The molecule has 0 atom stereocenters. The summed E-state index contributed by atoms with van der Waals surface area (Å²) in [5, 5.41) is 11.3. The number of primary amides is 1. The second kappa shape index (κ2) is 4.83. The monoisotopic (exact) mass is 200 g/mol. The number of carboxylic acid groups (broad SMARTS) is 1. The largest absolute Gasteiger partial charge is 0.481 e. The highest BCUT2D eigenvalue weighted by molar-refractivity contribution is 5.71. The van der Waals surface area contributed by atoms with E-state index in [9.17, 15) is 9.59 Å². The minimum absolute atomic E-state index is 0.195. The minimum Gasteiger partial charge on any atom is -0.481 e. The fraction of sp³-hybridized carbons (Fsp3) is 0.778. The van der Waals surface area contributed by atoms with Crippen LogP contribution in [0.4, 0.5) is 4.79 Å². The van der Waals surface area contributed by atoms with Crippen LogP contribution < -0.4 is 11.1 Å². The van der Waals surface area contributed by atoms with Gasteiger partial charge in [-0.3, -0.25) is 4.79 Å². The van der Waals surface area contributed by atoms with Crippen LogP contribution in [0.1, 0.15) is 25.7 Å². The Kier molecular flexibility index (Phi) is 3.73. The molecule has 5 heteroatoms. The van der Waals surface area contributed by atoms with Gasteiger partial charge in [0.15, 0.2) is 0 Å². The Morgan fingerprint density at radius 2 is 1.86 bits per heavy atom. The fourth-order valence-electron chi connectivity index (χ4n) is 1.86. The van der Waals surface area contributed by atoms with Crippen molar-refractivity contribution in [2.75, 3.05) is 6.54 Å². The van der Waals surface area contributed by atoms with Crippen LogP contribution in [0, 0.1) is 11.8 Å². The van der Waals surface area contributed by atoms with E-state index in [0.29, 0.717) is 25.3 Å². The lowest BCUT2D eigenvalue weighted by atomic mass is 9.82. The zero-order valence-electron chi connectivity index (χ0n) is 8.03. The Morgan fingerprint density at radius 3 is 2.29 bits per heavy atom. The summed E-state index contributed by atoms with van der Waals surface area (Å²) in [4.78, 5) is 21.1. The van der Waals surface area contributed by atoms with Gasteiger partial charge in [-0.05, 0) is 31.6 Å². The zero-order chi connectivity index (χ0) is 10.6. The molecule has 0 radical (unpaired) electrons. The average Bonchev–Trinajstić information content (AvgIpc) is 2.15. The normalized spacial score (nSPS) is 26.9. The van der Waals surface area contributed by atoms with Gasteiger partial charge in [0.2, 0.25) is 0 Å². The van der Waals surface area contributed by atoms with E-state index in [4.69, 9.17) is 10.8 Å². The van der Waals surface area contributed by atoms with E-state index < -0.39 is 12.0 Å². The number of aliphatic carboxylic acids is 1. The van der Waals surface area contributed by atoms with E-state index in [-0.39, 0.29) is 5.92 Å². The number of carbonyl (C=O) groups is 2. The van der Waals surface area contributed by atoms with Gasteiger partial charge in [0.1, 0.15) is 0 Å². The minimum atomic E-state index is -0.702. The molecule has 0 aromatic rings. The van der Waals surface area contributed by atoms with Crippen LogP contribution in [-0.2, 0) is 4.79 Å². The van der Waals surface area contributed by atoms with Crippen molar-refractivity contribution in [1.82, 2.24) is 5.32 Å². The molecular formula is C9H16N2O3. The molecular weight excluding hydrogens is 184 g/mol. The van der Waals surface area contributed by atoms with Gasteiger partial charge in [-0.1, -0.05) is 0 Å². The molecule has 0 heterocycles. The van der Waals surface area contributed by atoms with Gasteiger partial charge in [0.25, 0.3) is 0 Å². The molecule has 1 rings (SSSR count). The second-order valence-electron chi connectivity index (χ2n) is 3.80. The number of rotatable bonds is 3.